The van der Waals surface area contributed by atoms with Gasteiger partial charge >= 0.3 is 5.97 Å². The molecule has 37 heavy (non-hydrogen) atoms. The molecule has 214 valence electrons. The summed E-state index contributed by atoms with van der Waals surface area (Å²) in [5.41, 5.74) is 1.27. The smallest absolute Gasteiger partial charge is 0.303 e. The molecular weight excluding hydrogens is 489 g/mol. The number of hydrogen-bond donors (Lipinski definition) is 0. The van der Waals surface area contributed by atoms with Crippen molar-refractivity contribution in [2.45, 2.75) is 97.0 Å². The fourth-order valence-electron chi connectivity index (χ4n) is 4.11. The lowest BCUT2D eigenvalue weighted by atomic mass is 10.0. The zero-order valence-electron chi connectivity index (χ0n) is 24.0. The Hall–Kier alpha value is -1.40. The van der Waals surface area contributed by atoms with E-state index in [1.54, 1.807) is 0 Å². The Morgan fingerprint density at radius 2 is 1.46 bits per heavy atom. The number of rotatable bonds is 22. The van der Waals surface area contributed by atoms with Gasteiger partial charge in [-0.05, 0) is 30.5 Å². The van der Waals surface area contributed by atoms with Crippen LogP contribution in [0.25, 0.3) is 0 Å². The summed E-state index contributed by atoms with van der Waals surface area (Å²) in [5, 5.41) is 0. The topological polar surface area (TPSA) is 84.9 Å². The van der Waals surface area contributed by atoms with Crippen molar-refractivity contribution in [2.75, 3.05) is 47.1 Å². The predicted octanol–water partition coefficient (Wildman–Crippen LogP) is 6.13. The third-order valence-electron chi connectivity index (χ3n) is 6.23. The summed E-state index contributed by atoms with van der Waals surface area (Å²) in [6.07, 6.45) is 14.0. The minimum absolute atomic E-state index is 0.0241. The van der Waals surface area contributed by atoms with Gasteiger partial charge in [-0.25, -0.2) is 0 Å². The standard InChI is InChI=1S/C29H52NO6P/c1-6-7-8-9-10-11-12-13-14-15-17-27-18-20-28(21-19-27)34-24-29(36-26(2)31)25-35-37(32,33)23-16-22-30(3,4)5/h18-21,29H,6-17,22-25H2,1-5H3. The second-order valence-corrected chi connectivity index (χ2v) is 13.0. The molecule has 2 unspecified atom stereocenters. The van der Waals surface area contributed by atoms with E-state index in [4.69, 9.17) is 14.0 Å². The van der Waals surface area contributed by atoms with Crippen LogP contribution in [-0.2, 0) is 25.0 Å². The Balaban J connectivity index is 2.33. The van der Waals surface area contributed by atoms with E-state index in [0.717, 1.165) is 13.0 Å². The maximum atomic E-state index is 12.2. The van der Waals surface area contributed by atoms with Crippen LogP contribution < -0.4 is 9.63 Å². The second-order valence-electron chi connectivity index (χ2n) is 11.1. The molecule has 0 aliphatic carbocycles. The van der Waals surface area contributed by atoms with Crippen molar-refractivity contribution in [3.8, 4) is 5.75 Å². The van der Waals surface area contributed by atoms with E-state index >= 15 is 0 Å². The van der Waals surface area contributed by atoms with E-state index in [1.807, 2.05) is 33.3 Å². The van der Waals surface area contributed by atoms with Gasteiger partial charge in [0.1, 0.15) is 20.0 Å². The average molecular weight is 542 g/mol. The highest BCUT2D eigenvalue weighted by Crippen LogP contribution is 2.37. The number of carbonyl (C=O) groups is 1. The summed E-state index contributed by atoms with van der Waals surface area (Å²) in [5.74, 6) is 0.145. The van der Waals surface area contributed by atoms with Crippen LogP contribution in [0.5, 0.6) is 5.75 Å². The maximum Gasteiger partial charge on any atom is 0.303 e. The van der Waals surface area contributed by atoms with Gasteiger partial charge in [-0.1, -0.05) is 76.8 Å². The van der Waals surface area contributed by atoms with Crippen LogP contribution >= 0.6 is 7.60 Å². The first-order valence-corrected chi connectivity index (χ1v) is 15.9. The molecule has 1 aromatic rings. The largest absolute Gasteiger partial charge is 0.778 e. The monoisotopic (exact) mass is 541 g/mol. The van der Waals surface area contributed by atoms with Crippen LogP contribution in [-0.4, -0.2) is 63.6 Å². The van der Waals surface area contributed by atoms with Gasteiger partial charge in [-0.15, -0.1) is 0 Å². The summed E-state index contributed by atoms with van der Waals surface area (Å²) in [7, 11) is 2.02. The normalized spacial score (nSPS) is 14.2. The molecule has 0 saturated heterocycles. The summed E-state index contributed by atoms with van der Waals surface area (Å²) in [6, 6.07) is 7.92. The van der Waals surface area contributed by atoms with Gasteiger partial charge in [0.2, 0.25) is 0 Å². The second kappa shape index (κ2) is 18.8. The quantitative estimate of drug-likeness (QED) is 0.0760. The fourth-order valence-corrected chi connectivity index (χ4v) is 5.16. The lowest BCUT2D eigenvalue weighted by Gasteiger charge is -2.28. The van der Waals surface area contributed by atoms with E-state index in [9.17, 15) is 14.3 Å². The molecule has 1 aromatic carbocycles. The first-order valence-electron chi connectivity index (χ1n) is 14.1. The molecule has 0 radical (unpaired) electrons. The Labute approximate surface area is 226 Å². The molecule has 0 aliphatic rings. The van der Waals surface area contributed by atoms with Crippen molar-refractivity contribution in [3.05, 3.63) is 29.8 Å². The Bertz CT molecular complexity index is 778. The van der Waals surface area contributed by atoms with Crippen molar-refractivity contribution in [2.24, 2.45) is 0 Å². The van der Waals surface area contributed by atoms with Gasteiger partial charge in [0, 0.05) is 19.5 Å². The highest BCUT2D eigenvalue weighted by Gasteiger charge is 2.19. The van der Waals surface area contributed by atoms with Crippen molar-refractivity contribution >= 4 is 13.6 Å². The highest BCUT2D eigenvalue weighted by molar-refractivity contribution is 7.51. The van der Waals surface area contributed by atoms with Gasteiger partial charge in [-0.3, -0.25) is 4.79 Å². The summed E-state index contributed by atoms with van der Waals surface area (Å²) in [6.45, 7) is 4.04. The Morgan fingerprint density at radius 1 is 0.892 bits per heavy atom. The summed E-state index contributed by atoms with van der Waals surface area (Å²) in [4.78, 5) is 23.7. The van der Waals surface area contributed by atoms with Crippen LogP contribution in [0, 0.1) is 0 Å². The molecule has 8 heteroatoms. The molecule has 7 nitrogen and oxygen atoms in total. The average Bonchev–Trinajstić information content (AvgIpc) is 2.81. The zero-order chi connectivity index (χ0) is 27.6. The molecule has 1 rings (SSSR count). The number of ether oxygens (including phenoxy) is 2. The molecule has 0 saturated carbocycles. The van der Waals surface area contributed by atoms with Gasteiger partial charge < -0.3 is 27.9 Å². The van der Waals surface area contributed by atoms with Crippen LogP contribution in [0.15, 0.2) is 24.3 Å². The number of quaternary nitrogens is 1. The SMILES string of the molecule is CCCCCCCCCCCCc1ccc(OCC(COP(=O)([O-])CCC[N+](C)(C)C)OC(C)=O)cc1. The number of benzene rings is 1. The molecule has 0 spiro atoms. The van der Waals surface area contributed by atoms with Gasteiger partial charge in [0.05, 0.1) is 34.3 Å². The Morgan fingerprint density at radius 3 is 2.00 bits per heavy atom. The maximum absolute atomic E-state index is 12.2. The van der Waals surface area contributed by atoms with E-state index in [2.05, 4.69) is 19.1 Å². The molecule has 0 amide bonds. The number of aryl methyl sites for hydroxylation is 1. The van der Waals surface area contributed by atoms with Gasteiger partial charge in [0.15, 0.2) is 6.10 Å². The lowest BCUT2D eigenvalue weighted by molar-refractivity contribution is -0.870. The number of hydrogen-bond acceptors (Lipinski definition) is 6. The van der Waals surface area contributed by atoms with E-state index < -0.39 is 19.7 Å². The van der Waals surface area contributed by atoms with Gasteiger partial charge in [-0.2, -0.15) is 0 Å². The number of esters is 1. The van der Waals surface area contributed by atoms with E-state index in [1.165, 1.54) is 76.7 Å². The Kier molecular flexibility index (Phi) is 17.1. The number of carbonyl (C=O) groups excluding carboxylic acids is 1. The van der Waals surface area contributed by atoms with E-state index in [-0.39, 0.29) is 19.4 Å². The van der Waals surface area contributed by atoms with Crippen LogP contribution in [0.4, 0.5) is 0 Å². The first kappa shape index (κ1) is 33.6. The van der Waals surface area contributed by atoms with Crippen molar-refractivity contribution in [3.63, 3.8) is 0 Å². The van der Waals surface area contributed by atoms with Crippen LogP contribution in [0.2, 0.25) is 0 Å². The van der Waals surface area contributed by atoms with Crippen molar-refractivity contribution in [1.82, 2.24) is 0 Å². The fraction of sp³-hybridized carbons (Fsp3) is 0.759. The highest BCUT2D eigenvalue weighted by atomic mass is 31.2. The molecule has 0 N–H and O–H groups in total. The third kappa shape index (κ3) is 19.3. The number of unbranched alkanes of at least 4 members (excludes halogenated alkanes) is 9. The third-order valence-corrected chi connectivity index (χ3v) is 7.64. The lowest BCUT2D eigenvalue weighted by Crippen LogP contribution is -2.36. The summed E-state index contributed by atoms with van der Waals surface area (Å²) >= 11 is 0. The van der Waals surface area contributed by atoms with Crippen molar-refractivity contribution in [1.29, 1.82) is 0 Å². The minimum atomic E-state index is -4.01. The predicted molar refractivity (Wildman–Crippen MR) is 149 cm³/mol. The molecule has 0 heterocycles. The zero-order valence-corrected chi connectivity index (χ0v) is 24.9. The molecular formula is C29H52NO6P. The first-order chi connectivity index (χ1) is 17.5. The van der Waals surface area contributed by atoms with E-state index in [0.29, 0.717) is 16.7 Å². The molecule has 2 atom stereocenters. The summed E-state index contributed by atoms with van der Waals surface area (Å²) < 4.78 is 29.1. The minimum Gasteiger partial charge on any atom is -0.778 e. The van der Waals surface area contributed by atoms with Gasteiger partial charge in [0.25, 0.3) is 0 Å². The number of nitrogens with zero attached hydrogens (tertiary/aromatic N) is 1. The molecule has 0 fully saturated rings. The molecule has 0 aromatic heterocycles. The molecule has 0 aliphatic heterocycles. The van der Waals surface area contributed by atoms with Crippen LogP contribution in [0.1, 0.15) is 90.0 Å². The van der Waals surface area contributed by atoms with Crippen molar-refractivity contribution < 1.29 is 32.7 Å². The van der Waals surface area contributed by atoms with Crippen LogP contribution in [0.3, 0.4) is 0 Å². The molecule has 0 bridgehead atoms.